The molecule has 0 aromatic rings. The summed E-state index contributed by atoms with van der Waals surface area (Å²) in [6.45, 7) is 3.74. The van der Waals surface area contributed by atoms with E-state index in [4.69, 9.17) is 0 Å². The van der Waals surface area contributed by atoms with Gasteiger partial charge in [0, 0.05) is 13.5 Å². The van der Waals surface area contributed by atoms with Crippen molar-refractivity contribution in [2.75, 3.05) is 6.54 Å². The largest absolute Gasteiger partial charge is 0.480 e. The van der Waals surface area contributed by atoms with E-state index in [1.807, 2.05) is 6.92 Å². The SMILES string of the molecule is CCN(C(C)=O)C(C(=O)O)C1CCCC1. The molecule has 1 aliphatic carbocycles. The molecule has 1 unspecified atom stereocenters. The summed E-state index contributed by atoms with van der Waals surface area (Å²) in [5.41, 5.74) is 0. The lowest BCUT2D eigenvalue weighted by Gasteiger charge is -2.30. The molecule has 1 fully saturated rings. The van der Waals surface area contributed by atoms with Crippen LogP contribution in [0.25, 0.3) is 0 Å². The van der Waals surface area contributed by atoms with E-state index in [2.05, 4.69) is 0 Å². The summed E-state index contributed by atoms with van der Waals surface area (Å²) < 4.78 is 0. The van der Waals surface area contributed by atoms with Gasteiger partial charge in [-0.15, -0.1) is 0 Å². The first-order chi connectivity index (χ1) is 7.07. The van der Waals surface area contributed by atoms with Crippen molar-refractivity contribution < 1.29 is 14.7 Å². The Balaban J connectivity index is 2.79. The number of carboxylic acids is 1. The Morgan fingerprint density at radius 3 is 2.27 bits per heavy atom. The van der Waals surface area contributed by atoms with Crippen LogP contribution in [0.4, 0.5) is 0 Å². The number of hydrogen-bond donors (Lipinski definition) is 1. The number of carboxylic acid groups (broad SMARTS) is 1. The van der Waals surface area contributed by atoms with Crippen LogP contribution in [0.2, 0.25) is 0 Å². The van der Waals surface area contributed by atoms with E-state index in [-0.39, 0.29) is 11.8 Å². The maximum Gasteiger partial charge on any atom is 0.326 e. The maximum atomic E-state index is 11.3. The van der Waals surface area contributed by atoms with Crippen molar-refractivity contribution in [1.29, 1.82) is 0 Å². The van der Waals surface area contributed by atoms with Crippen molar-refractivity contribution >= 4 is 11.9 Å². The Hall–Kier alpha value is -1.06. The van der Waals surface area contributed by atoms with E-state index >= 15 is 0 Å². The van der Waals surface area contributed by atoms with Crippen molar-refractivity contribution in [2.24, 2.45) is 5.92 Å². The van der Waals surface area contributed by atoms with E-state index in [0.717, 1.165) is 25.7 Å². The van der Waals surface area contributed by atoms with Gasteiger partial charge in [0.2, 0.25) is 5.91 Å². The Kier molecular flexibility index (Phi) is 4.12. The Morgan fingerprint density at radius 2 is 1.93 bits per heavy atom. The highest BCUT2D eigenvalue weighted by Gasteiger charge is 2.35. The summed E-state index contributed by atoms with van der Waals surface area (Å²) in [5.74, 6) is -0.859. The standard InChI is InChI=1S/C11H19NO3/c1-3-12(8(2)13)10(11(14)15)9-6-4-5-7-9/h9-10H,3-7H2,1-2H3,(H,14,15). The third kappa shape index (κ3) is 2.70. The van der Waals surface area contributed by atoms with Gasteiger partial charge in [-0.3, -0.25) is 4.79 Å². The first-order valence-electron chi connectivity index (χ1n) is 5.58. The molecule has 15 heavy (non-hydrogen) atoms. The maximum absolute atomic E-state index is 11.3. The molecular formula is C11H19NO3. The molecule has 0 bridgehead atoms. The van der Waals surface area contributed by atoms with Gasteiger partial charge >= 0.3 is 5.97 Å². The van der Waals surface area contributed by atoms with Crippen molar-refractivity contribution in [3.63, 3.8) is 0 Å². The van der Waals surface area contributed by atoms with Gasteiger partial charge in [0.1, 0.15) is 6.04 Å². The molecule has 1 atom stereocenters. The smallest absolute Gasteiger partial charge is 0.326 e. The van der Waals surface area contributed by atoms with E-state index in [9.17, 15) is 14.7 Å². The third-order valence-electron chi connectivity index (χ3n) is 3.18. The zero-order valence-electron chi connectivity index (χ0n) is 9.40. The van der Waals surface area contributed by atoms with E-state index in [1.165, 1.54) is 11.8 Å². The minimum atomic E-state index is -0.862. The number of rotatable bonds is 4. The summed E-state index contributed by atoms with van der Waals surface area (Å²) in [4.78, 5) is 24.0. The molecule has 0 spiro atoms. The molecule has 1 aliphatic rings. The van der Waals surface area contributed by atoms with Crippen LogP contribution in [0.3, 0.4) is 0 Å². The average molecular weight is 213 g/mol. The van der Waals surface area contributed by atoms with Gasteiger partial charge in [-0.25, -0.2) is 4.79 Å². The lowest BCUT2D eigenvalue weighted by atomic mass is 9.96. The highest BCUT2D eigenvalue weighted by atomic mass is 16.4. The predicted molar refractivity (Wildman–Crippen MR) is 56.4 cm³/mol. The number of amides is 1. The summed E-state index contributed by atoms with van der Waals surface area (Å²) in [7, 11) is 0. The van der Waals surface area contributed by atoms with Crippen LogP contribution < -0.4 is 0 Å². The number of nitrogens with zero attached hydrogens (tertiary/aromatic N) is 1. The van der Waals surface area contributed by atoms with Crippen LogP contribution >= 0.6 is 0 Å². The lowest BCUT2D eigenvalue weighted by Crippen LogP contribution is -2.47. The van der Waals surface area contributed by atoms with Gasteiger partial charge in [-0.05, 0) is 25.7 Å². The number of hydrogen-bond acceptors (Lipinski definition) is 2. The fourth-order valence-corrected chi connectivity index (χ4v) is 2.48. The van der Waals surface area contributed by atoms with Gasteiger partial charge in [-0.1, -0.05) is 12.8 Å². The first kappa shape index (κ1) is 12.0. The quantitative estimate of drug-likeness (QED) is 0.769. The Labute approximate surface area is 90.3 Å². The molecule has 0 heterocycles. The van der Waals surface area contributed by atoms with Gasteiger partial charge in [0.25, 0.3) is 0 Å². The molecule has 0 aromatic carbocycles. The second kappa shape index (κ2) is 5.14. The van der Waals surface area contributed by atoms with E-state index < -0.39 is 12.0 Å². The molecule has 1 rings (SSSR count). The normalized spacial score (nSPS) is 18.8. The van der Waals surface area contributed by atoms with Crippen molar-refractivity contribution in [1.82, 2.24) is 4.90 Å². The van der Waals surface area contributed by atoms with Crippen LogP contribution in [0, 0.1) is 5.92 Å². The zero-order valence-corrected chi connectivity index (χ0v) is 9.40. The molecule has 0 aliphatic heterocycles. The van der Waals surface area contributed by atoms with Crippen LogP contribution in [-0.2, 0) is 9.59 Å². The molecule has 1 saturated carbocycles. The average Bonchev–Trinajstić information content (AvgIpc) is 2.64. The van der Waals surface area contributed by atoms with Crippen molar-refractivity contribution in [2.45, 2.75) is 45.6 Å². The number of likely N-dealkylation sites (N-methyl/N-ethyl adjacent to an activating group) is 1. The fraction of sp³-hybridized carbons (Fsp3) is 0.818. The summed E-state index contributed by atoms with van der Waals surface area (Å²) in [6.07, 6.45) is 4.04. The molecule has 86 valence electrons. The highest BCUT2D eigenvalue weighted by Crippen LogP contribution is 2.30. The van der Waals surface area contributed by atoms with Crippen molar-refractivity contribution in [3.05, 3.63) is 0 Å². The monoisotopic (exact) mass is 213 g/mol. The van der Waals surface area contributed by atoms with Crippen molar-refractivity contribution in [3.8, 4) is 0 Å². The van der Waals surface area contributed by atoms with Crippen LogP contribution in [-0.4, -0.2) is 34.5 Å². The second-order valence-electron chi connectivity index (χ2n) is 4.13. The van der Waals surface area contributed by atoms with Crippen LogP contribution in [0.1, 0.15) is 39.5 Å². The minimum Gasteiger partial charge on any atom is -0.480 e. The minimum absolute atomic E-state index is 0.142. The van der Waals surface area contributed by atoms with Crippen LogP contribution in [0.15, 0.2) is 0 Å². The number of carbonyl (C=O) groups excluding carboxylic acids is 1. The first-order valence-corrected chi connectivity index (χ1v) is 5.58. The molecule has 0 aromatic heterocycles. The Bertz CT molecular complexity index is 246. The van der Waals surface area contributed by atoms with Crippen LogP contribution in [0.5, 0.6) is 0 Å². The lowest BCUT2D eigenvalue weighted by molar-refractivity contribution is -0.151. The number of aliphatic carboxylic acids is 1. The second-order valence-corrected chi connectivity index (χ2v) is 4.13. The summed E-state index contributed by atoms with van der Waals surface area (Å²) in [5, 5.41) is 9.19. The molecular weight excluding hydrogens is 194 g/mol. The Morgan fingerprint density at radius 1 is 1.40 bits per heavy atom. The molecule has 1 N–H and O–H groups in total. The topological polar surface area (TPSA) is 57.6 Å². The fourth-order valence-electron chi connectivity index (χ4n) is 2.48. The van der Waals surface area contributed by atoms with Gasteiger partial charge < -0.3 is 10.0 Å². The molecule has 4 nitrogen and oxygen atoms in total. The number of carbonyl (C=O) groups is 2. The van der Waals surface area contributed by atoms with E-state index in [1.54, 1.807) is 0 Å². The van der Waals surface area contributed by atoms with Gasteiger partial charge in [0.05, 0.1) is 0 Å². The van der Waals surface area contributed by atoms with E-state index in [0.29, 0.717) is 6.54 Å². The molecule has 0 saturated heterocycles. The van der Waals surface area contributed by atoms with Gasteiger partial charge in [-0.2, -0.15) is 0 Å². The summed E-state index contributed by atoms with van der Waals surface area (Å²) in [6, 6.07) is -0.616. The molecule has 1 amide bonds. The summed E-state index contributed by atoms with van der Waals surface area (Å²) >= 11 is 0. The van der Waals surface area contributed by atoms with Gasteiger partial charge in [0.15, 0.2) is 0 Å². The third-order valence-corrected chi connectivity index (χ3v) is 3.18. The highest BCUT2D eigenvalue weighted by molar-refractivity contribution is 5.82. The zero-order chi connectivity index (χ0) is 11.4. The molecule has 0 radical (unpaired) electrons. The molecule has 4 heteroatoms. The predicted octanol–water partition coefficient (Wildman–Crippen LogP) is 1.50.